The molecule has 0 aromatic heterocycles. The summed E-state index contributed by atoms with van der Waals surface area (Å²) in [5.41, 5.74) is 8.46. The minimum atomic E-state index is -1.48. The maximum atomic E-state index is 13.6. The number of nitrogens with zero attached hydrogens (tertiary/aromatic N) is 4. The van der Waals surface area contributed by atoms with Crippen LogP contribution in [0.2, 0.25) is 0 Å². The highest BCUT2D eigenvalue weighted by atomic mass is 19.1. The zero-order valence-corrected chi connectivity index (χ0v) is 9.36. The molecule has 0 aliphatic carbocycles. The van der Waals surface area contributed by atoms with Crippen molar-refractivity contribution in [2.45, 2.75) is 18.6 Å². The molecule has 7 heteroatoms. The number of nitriles is 1. The summed E-state index contributed by atoms with van der Waals surface area (Å²) >= 11 is 0. The van der Waals surface area contributed by atoms with E-state index in [1.807, 2.05) is 6.07 Å². The van der Waals surface area contributed by atoms with Crippen molar-refractivity contribution in [3.63, 3.8) is 0 Å². The number of hydrogen-bond donors (Lipinski definition) is 2. The monoisotopic (exact) mass is 250 g/mol. The quantitative estimate of drug-likeness (QED) is 0.470. The Bertz CT molecular complexity index is 508. The molecule has 6 nitrogen and oxygen atoms in total. The molecular weight excluding hydrogens is 239 g/mol. The topological polar surface area (TPSA) is 113 Å². The van der Waals surface area contributed by atoms with E-state index in [0.717, 1.165) is 6.07 Å². The third-order valence-corrected chi connectivity index (χ3v) is 2.36. The van der Waals surface area contributed by atoms with E-state index in [2.05, 4.69) is 10.0 Å². The highest BCUT2D eigenvalue weighted by Gasteiger charge is 2.21. The normalized spacial score (nSPS) is 13.2. The summed E-state index contributed by atoms with van der Waals surface area (Å²) in [6.45, 7) is -0.350. The fraction of sp³-hybridized carbons (Fsp3) is 0.364. The van der Waals surface area contributed by atoms with Crippen LogP contribution in [-0.2, 0) is 6.42 Å². The fourth-order valence-electron chi connectivity index (χ4n) is 1.44. The van der Waals surface area contributed by atoms with Gasteiger partial charge in [-0.3, -0.25) is 0 Å². The number of hydrogen-bond acceptors (Lipinski definition) is 4. The number of azide groups is 1. The average molecular weight is 250 g/mol. The van der Waals surface area contributed by atoms with E-state index in [9.17, 15) is 14.6 Å². The van der Waals surface area contributed by atoms with Crippen LogP contribution >= 0.6 is 0 Å². The van der Waals surface area contributed by atoms with Crippen molar-refractivity contribution in [2.24, 2.45) is 5.11 Å². The van der Waals surface area contributed by atoms with Crippen molar-refractivity contribution in [3.8, 4) is 6.07 Å². The molecule has 94 valence electrons. The van der Waals surface area contributed by atoms with Crippen LogP contribution in [0.5, 0.6) is 0 Å². The lowest BCUT2D eigenvalue weighted by atomic mass is 10.0. The van der Waals surface area contributed by atoms with Gasteiger partial charge >= 0.3 is 0 Å². The second-order valence-corrected chi connectivity index (χ2v) is 3.62. The summed E-state index contributed by atoms with van der Waals surface area (Å²) in [5, 5.41) is 30.7. The van der Waals surface area contributed by atoms with Gasteiger partial charge in [0, 0.05) is 10.5 Å². The standard InChI is InChI=1S/C11H11FN4O2/c12-9-5-7(3-4-13)1-2-8(9)11(18)10(17)6-15-16-14/h1-2,5,10-11,17-18H,3,6H2. The summed E-state index contributed by atoms with van der Waals surface area (Å²) in [6, 6.07) is 5.79. The number of aliphatic hydroxyl groups excluding tert-OH is 2. The van der Waals surface area contributed by atoms with Gasteiger partial charge < -0.3 is 10.2 Å². The Kier molecular flexibility index (Phi) is 5.08. The molecule has 0 saturated heterocycles. The van der Waals surface area contributed by atoms with Gasteiger partial charge in [-0.2, -0.15) is 5.26 Å². The van der Waals surface area contributed by atoms with Crippen LogP contribution in [0, 0.1) is 17.1 Å². The zero-order chi connectivity index (χ0) is 13.5. The summed E-state index contributed by atoms with van der Waals surface area (Å²) in [7, 11) is 0. The Balaban J connectivity index is 2.89. The second kappa shape index (κ2) is 6.57. The maximum Gasteiger partial charge on any atom is 0.129 e. The highest BCUT2D eigenvalue weighted by molar-refractivity contribution is 5.28. The summed E-state index contributed by atoms with van der Waals surface area (Å²) < 4.78 is 13.6. The smallest absolute Gasteiger partial charge is 0.129 e. The van der Waals surface area contributed by atoms with Crippen molar-refractivity contribution >= 4 is 0 Å². The predicted octanol–water partition coefficient (Wildman–Crippen LogP) is 1.60. The van der Waals surface area contributed by atoms with Gasteiger partial charge in [0.2, 0.25) is 0 Å². The van der Waals surface area contributed by atoms with Crippen LogP contribution < -0.4 is 0 Å². The molecule has 0 saturated carbocycles. The number of aliphatic hydroxyl groups is 2. The van der Waals surface area contributed by atoms with Crippen molar-refractivity contribution < 1.29 is 14.6 Å². The first-order valence-corrected chi connectivity index (χ1v) is 5.12. The van der Waals surface area contributed by atoms with Crippen LogP contribution in [-0.4, -0.2) is 22.9 Å². The van der Waals surface area contributed by atoms with Crippen molar-refractivity contribution in [1.82, 2.24) is 0 Å². The van der Waals surface area contributed by atoms with Crippen LogP contribution in [0.15, 0.2) is 23.3 Å². The van der Waals surface area contributed by atoms with Crippen molar-refractivity contribution in [3.05, 3.63) is 45.6 Å². The number of rotatable bonds is 5. The van der Waals surface area contributed by atoms with Crippen molar-refractivity contribution in [2.75, 3.05) is 6.54 Å². The molecule has 0 aliphatic heterocycles. The van der Waals surface area contributed by atoms with Gasteiger partial charge in [0.05, 0.1) is 25.1 Å². The van der Waals surface area contributed by atoms with Gasteiger partial charge in [-0.15, -0.1) is 0 Å². The molecule has 2 unspecified atom stereocenters. The third kappa shape index (κ3) is 3.43. The van der Waals surface area contributed by atoms with Crippen molar-refractivity contribution in [1.29, 1.82) is 5.26 Å². The SMILES string of the molecule is N#CCc1ccc(C(O)C(O)CN=[N+]=[N-])c(F)c1. The molecule has 0 bridgehead atoms. The van der Waals surface area contributed by atoms with Crippen LogP contribution in [0.1, 0.15) is 17.2 Å². The Morgan fingerprint density at radius 3 is 2.78 bits per heavy atom. The second-order valence-electron chi connectivity index (χ2n) is 3.62. The Morgan fingerprint density at radius 2 is 2.22 bits per heavy atom. The van der Waals surface area contributed by atoms with Crippen LogP contribution in [0.4, 0.5) is 4.39 Å². The molecule has 1 rings (SSSR count). The molecule has 18 heavy (non-hydrogen) atoms. The van der Waals surface area contributed by atoms with E-state index in [1.54, 1.807) is 0 Å². The average Bonchev–Trinajstić information content (AvgIpc) is 2.35. The Morgan fingerprint density at radius 1 is 1.50 bits per heavy atom. The lowest BCUT2D eigenvalue weighted by molar-refractivity contribution is 0.0222. The highest BCUT2D eigenvalue weighted by Crippen LogP contribution is 2.21. The molecule has 0 fully saturated rings. The van der Waals surface area contributed by atoms with E-state index < -0.39 is 18.0 Å². The first-order chi connectivity index (χ1) is 8.60. The maximum absolute atomic E-state index is 13.6. The van der Waals surface area contributed by atoms with E-state index in [0.29, 0.717) is 5.56 Å². The summed E-state index contributed by atoms with van der Waals surface area (Å²) in [5.74, 6) is -0.713. The van der Waals surface area contributed by atoms with Crippen LogP contribution in [0.3, 0.4) is 0 Å². The molecule has 2 N–H and O–H groups in total. The predicted molar refractivity (Wildman–Crippen MR) is 60.7 cm³/mol. The lowest BCUT2D eigenvalue weighted by Gasteiger charge is -2.17. The Labute approximate surface area is 103 Å². The summed E-state index contributed by atoms with van der Waals surface area (Å²) in [6.07, 6.45) is -2.79. The van der Waals surface area contributed by atoms with E-state index in [-0.39, 0.29) is 18.5 Å². The lowest BCUT2D eigenvalue weighted by Crippen LogP contribution is -2.22. The molecule has 1 aromatic carbocycles. The fourth-order valence-corrected chi connectivity index (χ4v) is 1.44. The molecule has 2 atom stereocenters. The van der Waals surface area contributed by atoms with Gasteiger partial charge in [-0.1, -0.05) is 17.2 Å². The minimum absolute atomic E-state index is 0.0641. The number of halogens is 1. The third-order valence-electron chi connectivity index (χ3n) is 2.36. The van der Waals surface area contributed by atoms with Gasteiger partial charge in [0.25, 0.3) is 0 Å². The number of benzene rings is 1. The van der Waals surface area contributed by atoms with Crippen LogP contribution in [0.25, 0.3) is 10.4 Å². The first kappa shape index (κ1) is 13.9. The molecule has 0 aliphatic rings. The molecule has 0 radical (unpaired) electrons. The molecular formula is C11H11FN4O2. The summed E-state index contributed by atoms with van der Waals surface area (Å²) in [4.78, 5) is 2.44. The zero-order valence-electron chi connectivity index (χ0n) is 9.36. The van der Waals surface area contributed by atoms with Gasteiger partial charge in [-0.05, 0) is 17.2 Å². The largest absolute Gasteiger partial charge is 0.390 e. The molecule has 1 aromatic rings. The van der Waals surface area contributed by atoms with Gasteiger partial charge in [0.1, 0.15) is 11.9 Å². The first-order valence-electron chi connectivity index (χ1n) is 5.12. The molecule has 0 amide bonds. The molecule has 0 spiro atoms. The van der Waals surface area contributed by atoms with Gasteiger partial charge in [-0.25, -0.2) is 4.39 Å². The van der Waals surface area contributed by atoms with E-state index in [4.69, 9.17) is 10.8 Å². The van der Waals surface area contributed by atoms with E-state index >= 15 is 0 Å². The van der Waals surface area contributed by atoms with E-state index in [1.165, 1.54) is 12.1 Å². The Hall–Kier alpha value is -2.13. The van der Waals surface area contributed by atoms with Gasteiger partial charge in [0.15, 0.2) is 0 Å². The molecule has 0 heterocycles. The minimum Gasteiger partial charge on any atom is -0.390 e.